The molecular weight excluding hydrogens is 226 g/mol. The summed E-state index contributed by atoms with van der Waals surface area (Å²) < 4.78 is 0. The first-order valence-corrected chi connectivity index (χ1v) is 7.33. The lowest BCUT2D eigenvalue weighted by Gasteiger charge is -2.26. The Balaban J connectivity index is 1.79. The standard InChI is InChI=1S/C14H27N3O/c1-10(2)11-5-6-17(9-11)13(8-15)7-14(18)16-12-3-4-12/h10-13H,3-9,15H2,1-2H3,(H,16,18). The molecular formula is C14H27N3O. The number of likely N-dealkylation sites (tertiary alicyclic amines) is 1. The molecule has 1 aliphatic carbocycles. The summed E-state index contributed by atoms with van der Waals surface area (Å²) in [6.45, 7) is 7.36. The van der Waals surface area contributed by atoms with Crippen LogP contribution >= 0.6 is 0 Å². The van der Waals surface area contributed by atoms with Gasteiger partial charge in [-0.3, -0.25) is 9.69 Å². The Morgan fingerprint density at radius 1 is 1.39 bits per heavy atom. The fraction of sp³-hybridized carbons (Fsp3) is 0.929. The van der Waals surface area contributed by atoms with Crippen molar-refractivity contribution in [1.82, 2.24) is 10.2 Å². The van der Waals surface area contributed by atoms with E-state index in [-0.39, 0.29) is 11.9 Å². The van der Waals surface area contributed by atoms with Gasteiger partial charge in [-0.2, -0.15) is 0 Å². The lowest BCUT2D eigenvalue weighted by molar-refractivity contribution is -0.122. The molecule has 4 heteroatoms. The van der Waals surface area contributed by atoms with E-state index in [0.29, 0.717) is 19.0 Å². The number of nitrogens with one attached hydrogen (secondary N) is 1. The van der Waals surface area contributed by atoms with E-state index in [0.717, 1.165) is 37.8 Å². The summed E-state index contributed by atoms with van der Waals surface area (Å²) in [6, 6.07) is 0.686. The molecule has 2 unspecified atom stereocenters. The predicted octanol–water partition coefficient (Wildman–Crippen LogP) is 0.960. The molecule has 3 N–H and O–H groups in total. The minimum atomic E-state index is 0.181. The summed E-state index contributed by atoms with van der Waals surface area (Å²) in [6.07, 6.45) is 4.12. The summed E-state index contributed by atoms with van der Waals surface area (Å²) in [5.74, 6) is 1.68. The van der Waals surface area contributed by atoms with E-state index in [1.807, 2.05) is 0 Å². The molecule has 2 rings (SSSR count). The molecule has 0 aromatic rings. The van der Waals surface area contributed by atoms with Gasteiger partial charge in [0.05, 0.1) is 0 Å². The van der Waals surface area contributed by atoms with Crippen LogP contribution < -0.4 is 11.1 Å². The first kappa shape index (κ1) is 13.8. The highest BCUT2D eigenvalue weighted by Crippen LogP contribution is 2.26. The van der Waals surface area contributed by atoms with Gasteiger partial charge in [0.25, 0.3) is 0 Å². The summed E-state index contributed by atoms with van der Waals surface area (Å²) >= 11 is 0. The molecule has 1 amide bonds. The van der Waals surface area contributed by atoms with Crippen molar-refractivity contribution < 1.29 is 4.79 Å². The van der Waals surface area contributed by atoms with Crippen molar-refractivity contribution >= 4 is 5.91 Å². The van der Waals surface area contributed by atoms with Gasteiger partial charge in [-0.05, 0) is 37.6 Å². The zero-order chi connectivity index (χ0) is 13.1. The molecule has 1 aliphatic heterocycles. The minimum Gasteiger partial charge on any atom is -0.353 e. The van der Waals surface area contributed by atoms with Crippen LogP contribution in [0.4, 0.5) is 0 Å². The highest BCUT2D eigenvalue weighted by atomic mass is 16.1. The smallest absolute Gasteiger partial charge is 0.221 e. The monoisotopic (exact) mass is 253 g/mol. The minimum absolute atomic E-state index is 0.181. The van der Waals surface area contributed by atoms with Crippen molar-refractivity contribution in [2.24, 2.45) is 17.6 Å². The second-order valence-corrected chi connectivity index (χ2v) is 6.22. The maximum Gasteiger partial charge on any atom is 0.221 e. The van der Waals surface area contributed by atoms with Crippen molar-refractivity contribution in [1.29, 1.82) is 0 Å². The molecule has 0 aromatic carbocycles. The molecule has 2 fully saturated rings. The number of amides is 1. The Morgan fingerprint density at radius 3 is 2.61 bits per heavy atom. The van der Waals surface area contributed by atoms with Crippen LogP contribution in [0.3, 0.4) is 0 Å². The summed E-state index contributed by atoms with van der Waals surface area (Å²) in [4.78, 5) is 14.3. The van der Waals surface area contributed by atoms with E-state index in [2.05, 4.69) is 24.1 Å². The zero-order valence-corrected chi connectivity index (χ0v) is 11.7. The zero-order valence-electron chi connectivity index (χ0n) is 11.7. The third kappa shape index (κ3) is 3.69. The molecule has 2 aliphatic rings. The van der Waals surface area contributed by atoms with Crippen LogP contribution in [-0.2, 0) is 4.79 Å². The SMILES string of the molecule is CC(C)C1CCN(C(CN)CC(=O)NC2CC2)C1. The average molecular weight is 253 g/mol. The Bertz CT molecular complexity index is 289. The number of carbonyl (C=O) groups excluding carboxylic acids is 1. The van der Waals surface area contributed by atoms with E-state index >= 15 is 0 Å². The molecule has 1 saturated carbocycles. The van der Waals surface area contributed by atoms with Crippen LogP contribution in [0.15, 0.2) is 0 Å². The third-order valence-electron chi connectivity index (χ3n) is 4.35. The van der Waals surface area contributed by atoms with Gasteiger partial charge in [0.2, 0.25) is 5.91 Å². The quantitative estimate of drug-likeness (QED) is 0.741. The Labute approximate surface area is 110 Å². The van der Waals surface area contributed by atoms with Gasteiger partial charge in [0.15, 0.2) is 0 Å². The lowest BCUT2D eigenvalue weighted by Crippen LogP contribution is -2.43. The average Bonchev–Trinajstić information content (AvgIpc) is 2.98. The summed E-state index contributed by atoms with van der Waals surface area (Å²) in [5.41, 5.74) is 5.85. The Morgan fingerprint density at radius 2 is 2.11 bits per heavy atom. The first-order valence-electron chi connectivity index (χ1n) is 7.33. The van der Waals surface area contributed by atoms with Crippen molar-refractivity contribution in [3.05, 3.63) is 0 Å². The van der Waals surface area contributed by atoms with Gasteiger partial charge in [-0.15, -0.1) is 0 Å². The highest BCUT2D eigenvalue weighted by molar-refractivity contribution is 5.77. The largest absolute Gasteiger partial charge is 0.353 e. The molecule has 104 valence electrons. The number of hydrogen-bond donors (Lipinski definition) is 2. The van der Waals surface area contributed by atoms with E-state index in [9.17, 15) is 4.79 Å². The van der Waals surface area contributed by atoms with Gasteiger partial charge in [-0.25, -0.2) is 0 Å². The van der Waals surface area contributed by atoms with E-state index in [1.54, 1.807) is 0 Å². The van der Waals surface area contributed by atoms with Crippen molar-refractivity contribution in [3.63, 3.8) is 0 Å². The topological polar surface area (TPSA) is 58.4 Å². The second kappa shape index (κ2) is 6.02. The fourth-order valence-electron chi connectivity index (χ4n) is 2.78. The van der Waals surface area contributed by atoms with Crippen molar-refractivity contribution in [3.8, 4) is 0 Å². The molecule has 0 aromatic heterocycles. The summed E-state index contributed by atoms with van der Waals surface area (Å²) in [5, 5.41) is 3.05. The van der Waals surface area contributed by atoms with E-state index < -0.39 is 0 Å². The van der Waals surface area contributed by atoms with Gasteiger partial charge < -0.3 is 11.1 Å². The van der Waals surface area contributed by atoms with Crippen LogP contribution in [-0.4, -0.2) is 42.5 Å². The van der Waals surface area contributed by atoms with Crippen molar-refractivity contribution in [2.45, 2.75) is 51.6 Å². The maximum atomic E-state index is 11.8. The molecule has 0 bridgehead atoms. The van der Waals surface area contributed by atoms with E-state index in [4.69, 9.17) is 5.73 Å². The van der Waals surface area contributed by atoms with Gasteiger partial charge in [0, 0.05) is 31.6 Å². The van der Waals surface area contributed by atoms with Gasteiger partial charge >= 0.3 is 0 Å². The normalized spacial score (nSPS) is 26.6. The van der Waals surface area contributed by atoms with Crippen LogP contribution in [0, 0.1) is 11.8 Å². The van der Waals surface area contributed by atoms with Crippen LogP contribution in [0.5, 0.6) is 0 Å². The molecule has 2 atom stereocenters. The van der Waals surface area contributed by atoms with Gasteiger partial charge in [-0.1, -0.05) is 13.8 Å². The van der Waals surface area contributed by atoms with Gasteiger partial charge in [0.1, 0.15) is 0 Å². The van der Waals surface area contributed by atoms with Crippen LogP contribution in [0.1, 0.15) is 39.5 Å². The molecule has 1 saturated heterocycles. The van der Waals surface area contributed by atoms with Crippen molar-refractivity contribution in [2.75, 3.05) is 19.6 Å². The van der Waals surface area contributed by atoms with Crippen LogP contribution in [0.2, 0.25) is 0 Å². The molecule has 4 nitrogen and oxygen atoms in total. The molecule has 0 spiro atoms. The molecule has 1 heterocycles. The number of nitrogens with zero attached hydrogens (tertiary/aromatic N) is 1. The first-order chi connectivity index (χ1) is 8.60. The maximum absolute atomic E-state index is 11.8. The number of hydrogen-bond acceptors (Lipinski definition) is 3. The third-order valence-corrected chi connectivity index (χ3v) is 4.35. The Hall–Kier alpha value is -0.610. The number of rotatable bonds is 6. The predicted molar refractivity (Wildman–Crippen MR) is 73.1 cm³/mol. The van der Waals surface area contributed by atoms with E-state index in [1.165, 1.54) is 6.42 Å². The lowest BCUT2D eigenvalue weighted by atomic mass is 9.95. The molecule has 0 radical (unpaired) electrons. The Kier molecular flexibility index (Phi) is 4.62. The van der Waals surface area contributed by atoms with Crippen LogP contribution in [0.25, 0.3) is 0 Å². The highest BCUT2D eigenvalue weighted by Gasteiger charge is 2.31. The summed E-state index contributed by atoms with van der Waals surface area (Å²) in [7, 11) is 0. The molecule has 18 heavy (non-hydrogen) atoms. The number of nitrogens with two attached hydrogens (primary N) is 1. The fourth-order valence-corrected chi connectivity index (χ4v) is 2.78. The number of carbonyl (C=O) groups is 1. The second-order valence-electron chi connectivity index (χ2n) is 6.22.